The van der Waals surface area contributed by atoms with Gasteiger partial charge in [0.15, 0.2) is 0 Å². The van der Waals surface area contributed by atoms with Gasteiger partial charge in [0.05, 0.1) is 0 Å². The van der Waals surface area contributed by atoms with Gasteiger partial charge in [0.1, 0.15) is 13.1 Å². The Bertz CT molecular complexity index is 361. The summed E-state index contributed by atoms with van der Waals surface area (Å²) in [5.41, 5.74) is 0.880. The summed E-state index contributed by atoms with van der Waals surface area (Å²) in [7, 11) is -0.677. The highest BCUT2D eigenvalue weighted by Crippen LogP contribution is 2.22. The normalized spacial score (nSPS) is 11.4. The average Bonchev–Trinajstić information content (AvgIpc) is 2.14. The van der Waals surface area contributed by atoms with Crippen molar-refractivity contribution in [2.24, 2.45) is 0 Å². The van der Waals surface area contributed by atoms with Crippen molar-refractivity contribution >= 4 is 19.9 Å². The maximum absolute atomic E-state index is 13.4. The fourth-order valence-corrected chi connectivity index (χ4v) is 1.46. The SMILES string of the molecule is CC(C)(C)BCc1cc(B(O)O)ccc1F. The molecule has 86 valence electrons. The second-order valence-corrected chi connectivity index (χ2v) is 5.29. The monoisotopic (exact) mass is 222 g/mol. The van der Waals surface area contributed by atoms with E-state index in [4.69, 9.17) is 10.0 Å². The highest BCUT2D eigenvalue weighted by Gasteiger charge is 2.17. The third kappa shape index (κ3) is 3.99. The minimum atomic E-state index is -1.53. The number of benzene rings is 1. The molecule has 1 aromatic rings. The lowest BCUT2D eigenvalue weighted by Crippen LogP contribution is -2.30. The summed E-state index contributed by atoms with van der Waals surface area (Å²) in [5, 5.41) is 18.1. The molecule has 2 N–H and O–H groups in total. The van der Waals surface area contributed by atoms with E-state index < -0.39 is 7.12 Å². The smallest absolute Gasteiger partial charge is 0.423 e. The van der Waals surface area contributed by atoms with Crippen LogP contribution in [0.15, 0.2) is 18.2 Å². The molecule has 5 heteroatoms. The van der Waals surface area contributed by atoms with Crippen molar-refractivity contribution in [2.45, 2.75) is 32.4 Å². The summed E-state index contributed by atoms with van der Waals surface area (Å²) in [6.07, 6.45) is 0.607. The molecular weight excluding hydrogens is 205 g/mol. The number of rotatable bonds is 3. The van der Waals surface area contributed by atoms with Crippen molar-refractivity contribution in [1.82, 2.24) is 0 Å². The molecule has 0 aromatic heterocycles. The lowest BCUT2D eigenvalue weighted by atomic mass is 9.52. The fraction of sp³-hybridized carbons (Fsp3) is 0.455. The van der Waals surface area contributed by atoms with E-state index in [0.29, 0.717) is 17.3 Å². The van der Waals surface area contributed by atoms with Crippen LogP contribution in [0.1, 0.15) is 26.3 Å². The molecule has 0 aliphatic heterocycles. The van der Waals surface area contributed by atoms with E-state index in [1.165, 1.54) is 18.2 Å². The van der Waals surface area contributed by atoms with Gasteiger partial charge in [0.25, 0.3) is 0 Å². The van der Waals surface area contributed by atoms with Gasteiger partial charge in [0.2, 0.25) is 0 Å². The Hall–Kier alpha value is -0.800. The molecule has 0 saturated carbocycles. The zero-order valence-electron chi connectivity index (χ0n) is 10.00. The van der Waals surface area contributed by atoms with Gasteiger partial charge in [-0.2, -0.15) is 0 Å². The lowest BCUT2D eigenvalue weighted by Gasteiger charge is -2.16. The quantitative estimate of drug-likeness (QED) is 0.737. The molecule has 0 fully saturated rings. The Kier molecular flexibility index (Phi) is 4.16. The zero-order valence-corrected chi connectivity index (χ0v) is 10.00. The van der Waals surface area contributed by atoms with E-state index in [9.17, 15) is 4.39 Å². The molecule has 0 aliphatic carbocycles. The summed E-state index contributed by atoms with van der Waals surface area (Å²) in [6.45, 7) is 6.28. The predicted octanol–water partition coefficient (Wildman–Crippen LogP) is 0.660. The van der Waals surface area contributed by atoms with Crippen LogP contribution < -0.4 is 5.46 Å². The van der Waals surface area contributed by atoms with Crippen LogP contribution in [0.5, 0.6) is 0 Å². The molecule has 0 unspecified atom stereocenters. The first-order chi connectivity index (χ1) is 7.29. The highest BCUT2D eigenvalue weighted by molar-refractivity contribution is 6.58. The minimum Gasteiger partial charge on any atom is -0.423 e. The third-order valence-corrected chi connectivity index (χ3v) is 2.51. The van der Waals surface area contributed by atoms with Crippen LogP contribution >= 0.6 is 0 Å². The summed E-state index contributed by atoms with van der Waals surface area (Å²) < 4.78 is 13.4. The first-order valence-corrected chi connectivity index (χ1v) is 5.44. The Morgan fingerprint density at radius 2 is 1.94 bits per heavy atom. The summed E-state index contributed by atoms with van der Waals surface area (Å²) in [4.78, 5) is 0. The highest BCUT2D eigenvalue weighted by atomic mass is 19.1. The molecule has 0 saturated heterocycles. The van der Waals surface area contributed by atoms with Gasteiger partial charge in [0, 0.05) is 0 Å². The van der Waals surface area contributed by atoms with E-state index in [1.807, 2.05) is 0 Å². The van der Waals surface area contributed by atoms with Gasteiger partial charge in [-0.3, -0.25) is 0 Å². The molecule has 0 aliphatic rings. The largest absolute Gasteiger partial charge is 0.488 e. The van der Waals surface area contributed by atoms with Gasteiger partial charge in [-0.1, -0.05) is 38.2 Å². The van der Waals surface area contributed by atoms with Crippen LogP contribution in [-0.2, 0) is 6.32 Å². The van der Waals surface area contributed by atoms with Gasteiger partial charge in [-0.05, 0) is 23.4 Å². The lowest BCUT2D eigenvalue weighted by molar-refractivity contribution is 0.425. The summed E-state index contributed by atoms with van der Waals surface area (Å²) in [6, 6.07) is 4.19. The van der Waals surface area contributed by atoms with Crippen LogP contribution in [0.25, 0.3) is 0 Å². The van der Waals surface area contributed by atoms with Crippen LogP contribution in [-0.4, -0.2) is 24.4 Å². The molecule has 1 aromatic carbocycles. The zero-order chi connectivity index (χ0) is 12.3. The molecule has 16 heavy (non-hydrogen) atoms. The average molecular weight is 222 g/mol. The molecule has 0 spiro atoms. The first-order valence-electron chi connectivity index (χ1n) is 5.44. The molecule has 2 nitrogen and oxygen atoms in total. The van der Waals surface area contributed by atoms with Gasteiger partial charge in [-0.15, -0.1) is 0 Å². The second kappa shape index (κ2) is 5.02. The van der Waals surface area contributed by atoms with Crippen molar-refractivity contribution in [3.63, 3.8) is 0 Å². The molecule has 0 heterocycles. The van der Waals surface area contributed by atoms with Crippen molar-refractivity contribution in [2.75, 3.05) is 0 Å². The van der Waals surface area contributed by atoms with Crippen molar-refractivity contribution in [3.8, 4) is 0 Å². The standard InChI is InChI=1S/C11H17B2FO2/c1-11(2,3)12-7-8-6-9(13(15)16)4-5-10(8)14/h4-6,12,15-16H,7H2,1-3H3. The first kappa shape index (κ1) is 13.3. The van der Waals surface area contributed by atoms with E-state index in [2.05, 4.69) is 20.8 Å². The van der Waals surface area contributed by atoms with Crippen LogP contribution in [0.3, 0.4) is 0 Å². The van der Waals surface area contributed by atoms with E-state index >= 15 is 0 Å². The van der Waals surface area contributed by atoms with Gasteiger partial charge in [-0.25, -0.2) is 4.39 Å². The third-order valence-electron chi connectivity index (χ3n) is 2.51. The maximum atomic E-state index is 13.4. The molecule has 0 amide bonds. The fourth-order valence-electron chi connectivity index (χ4n) is 1.46. The molecule has 1 rings (SSSR count). The topological polar surface area (TPSA) is 40.5 Å². The van der Waals surface area contributed by atoms with Gasteiger partial charge >= 0.3 is 7.12 Å². The molecule has 0 atom stereocenters. The number of hydrogen-bond donors (Lipinski definition) is 2. The second-order valence-electron chi connectivity index (χ2n) is 5.29. The number of hydrogen-bond acceptors (Lipinski definition) is 2. The summed E-state index contributed by atoms with van der Waals surface area (Å²) >= 11 is 0. The summed E-state index contributed by atoms with van der Waals surface area (Å²) in [5.74, 6) is -0.284. The van der Waals surface area contributed by atoms with Crippen molar-refractivity contribution in [1.29, 1.82) is 0 Å². The van der Waals surface area contributed by atoms with E-state index in [0.717, 1.165) is 7.28 Å². The van der Waals surface area contributed by atoms with E-state index in [1.54, 1.807) is 0 Å². The Labute approximate surface area is 96.9 Å². The van der Waals surface area contributed by atoms with Crippen molar-refractivity contribution < 1.29 is 14.4 Å². The maximum Gasteiger partial charge on any atom is 0.488 e. The predicted molar refractivity (Wildman–Crippen MR) is 66.8 cm³/mol. The van der Waals surface area contributed by atoms with Crippen LogP contribution in [0, 0.1) is 5.82 Å². The molecule has 0 bridgehead atoms. The Balaban J connectivity index is 2.82. The van der Waals surface area contributed by atoms with Crippen LogP contribution in [0.2, 0.25) is 5.31 Å². The van der Waals surface area contributed by atoms with Gasteiger partial charge < -0.3 is 10.0 Å². The molecule has 0 radical (unpaired) electrons. The van der Waals surface area contributed by atoms with Crippen LogP contribution in [0.4, 0.5) is 4.39 Å². The Morgan fingerprint density at radius 3 is 2.44 bits per heavy atom. The molecular formula is C11H17B2FO2. The number of halogens is 1. The van der Waals surface area contributed by atoms with E-state index in [-0.39, 0.29) is 11.1 Å². The Morgan fingerprint density at radius 1 is 1.31 bits per heavy atom. The van der Waals surface area contributed by atoms with Crippen molar-refractivity contribution in [3.05, 3.63) is 29.6 Å². The minimum absolute atomic E-state index is 0.139.